The van der Waals surface area contributed by atoms with Crippen molar-refractivity contribution in [3.8, 4) is 0 Å². The van der Waals surface area contributed by atoms with E-state index < -0.39 is 11.2 Å². The predicted octanol–water partition coefficient (Wildman–Crippen LogP) is 4.02. The van der Waals surface area contributed by atoms with Crippen molar-refractivity contribution in [2.45, 2.75) is 64.1 Å². The van der Waals surface area contributed by atoms with Crippen LogP contribution in [-0.2, 0) is 16.8 Å². The second-order valence-electron chi connectivity index (χ2n) is 9.87. The standard InChI is InChI=1S/C24H35N3O3/c1-23(2,3)30-22(28)27-14-9-24(29,10-15-27)19-6-7-21-20(16-19)18(17-25-21)8-13-26-11-4-5-12-26/h6-7,16-17,25,29H,4-5,8-15H2,1-3H3. The van der Waals surface area contributed by atoms with Crippen molar-refractivity contribution < 1.29 is 14.6 Å². The number of amides is 1. The number of nitrogens with zero attached hydrogens (tertiary/aromatic N) is 2. The number of piperidine rings is 1. The number of aromatic amines is 1. The van der Waals surface area contributed by atoms with Crippen molar-refractivity contribution in [3.05, 3.63) is 35.5 Å². The molecule has 30 heavy (non-hydrogen) atoms. The van der Waals surface area contributed by atoms with E-state index in [1.807, 2.05) is 26.8 Å². The summed E-state index contributed by atoms with van der Waals surface area (Å²) in [7, 11) is 0. The molecule has 2 aromatic rings. The summed E-state index contributed by atoms with van der Waals surface area (Å²) in [6.45, 7) is 10.1. The van der Waals surface area contributed by atoms with Crippen LogP contribution in [0.25, 0.3) is 10.9 Å². The Morgan fingerprint density at radius 2 is 1.87 bits per heavy atom. The molecule has 0 atom stereocenters. The summed E-state index contributed by atoms with van der Waals surface area (Å²) in [6, 6.07) is 6.24. The van der Waals surface area contributed by atoms with Gasteiger partial charge in [0.2, 0.25) is 0 Å². The molecule has 0 unspecified atom stereocenters. The molecule has 4 rings (SSSR count). The minimum Gasteiger partial charge on any atom is -0.444 e. The highest BCUT2D eigenvalue weighted by atomic mass is 16.6. The number of hydrogen-bond acceptors (Lipinski definition) is 4. The monoisotopic (exact) mass is 413 g/mol. The summed E-state index contributed by atoms with van der Waals surface area (Å²) >= 11 is 0. The Kier molecular flexibility index (Phi) is 5.82. The Balaban J connectivity index is 1.45. The Bertz CT molecular complexity index is 885. The molecule has 0 aliphatic carbocycles. The van der Waals surface area contributed by atoms with E-state index in [2.05, 4.69) is 28.2 Å². The van der Waals surface area contributed by atoms with Gasteiger partial charge in [0, 0.05) is 36.7 Å². The van der Waals surface area contributed by atoms with Gasteiger partial charge in [-0.15, -0.1) is 0 Å². The third kappa shape index (κ3) is 4.65. The number of aromatic nitrogens is 1. The van der Waals surface area contributed by atoms with Crippen molar-refractivity contribution in [2.24, 2.45) is 0 Å². The molecule has 2 aliphatic heterocycles. The molecule has 1 amide bonds. The Morgan fingerprint density at radius 1 is 1.17 bits per heavy atom. The number of fused-ring (bicyclic) bond motifs is 1. The molecule has 0 radical (unpaired) electrons. The van der Waals surface area contributed by atoms with Crippen LogP contribution in [-0.4, -0.2) is 64.3 Å². The number of aliphatic hydroxyl groups is 1. The van der Waals surface area contributed by atoms with Crippen molar-refractivity contribution in [3.63, 3.8) is 0 Å². The highest BCUT2D eigenvalue weighted by molar-refractivity contribution is 5.84. The highest BCUT2D eigenvalue weighted by Gasteiger charge is 2.37. The van der Waals surface area contributed by atoms with Crippen LogP contribution in [0.15, 0.2) is 24.4 Å². The van der Waals surface area contributed by atoms with E-state index in [1.165, 1.54) is 36.9 Å². The molecule has 2 saturated heterocycles. The van der Waals surface area contributed by atoms with Crippen LogP contribution in [0.3, 0.4) is 0 Å². The van der Waals surface area contributed by atoms with Crippen molar-refractivity contribution in [1.29, 1.82) is 0 Å². The van der Waals surface area contributed by atoms with Gasteiger partial charge in [-0.25, -0.2) is 4.79 Å². The second-order valence-corrected chi connectivity index (χ2v) is 9.87. The molecular weight excluding hydrogens is 378 g/mol. The zero-order valence-electron chi connectivity index (χ0n) is 18.5. The van der Waals surface area contributed by atoms with Gasteiger partial charge in [-0.2, -0.15) is 0 Å². The van der Waals surface area contributed by atoms with E-state index in [0.717, 1.165) is 24.0 Å². The van der Waals surface area contributed by atoms with Gasteiger partial charge < -0.3 is 24.6 Å². The Hall–Kier alpha value is -2.05. The third-order valence-electron chi connectivity index (χ3n) is 6.44. The molecule has 2 N–H and O–H groups in total. The molecule has 0 saturated carbocycles. The van der Waals surface area contributed by atoms with E-state index >= 15 is 0 Å². The molecular formula is C24H35N3O3. The molecule has 164 valence electrons. The van der Waals surface area contributed by atoms with Crippen LogP contribution in [0.1, 0.15) is 57.6 Å². The molecule has 6 heteroatoms. The van der Waals surface area contributed by atoms with Crippen molar-refractivity contribution >= 4 is 17.0 Å². The predicted molar refractivity (Wildman–Crippen MR) is 119 cm³/mol. The second kappa shape index (κ2) is 8.23. The van der Waals surface area contributed by atoms with Gasteiger partial charge in [-0.3, -0.25) is 0 Å². The Labute approximate surface area is 179 Å². The lowest BCUT2D eigenvalue weighted by atomic mass is 9.84. The fourth-order valence-corrected chi connectivity index (χ4v) is 4.63. The van der Waals surface area contributed by atoms with Crippen LogP contribution in [0.4, 0.5) is 4.79 Å². The van der Waals surface area contributed by atoms with E-state index in [9.17, 15) is 9.90 Å². The first-order chi connectivity index (χ1) is 14.2. The van der Waals surface area contributed by atoms with Crippen LogP contribution < -0.4 is 0 Å². The van der Waals surface area contributed by atoms with E-state index in [4.69, 9.17) is 4.74 Å². The summed E-state index contributed by atoms with van der Waals surface area (Å²) in [5.74, 6) is 0. The normalized spacial score (nSPS) is 20.1. The number of carbonyl (C=O) groups excluding carboxylic acids is 1. The van der Waals surface area contributed by atoms with E-state index in [-0.39, 0.29) is 6.09 Å². The zero-order chi connectivity index (χ0) is 21.4. The lowest BCUT2D eigenvalue weighted by Crippen LogP contribution is -2.46. The number of benzene rings is 1. The van der Waals surface area contributed by atoms with Gasteiger partial charge in [0.1, 0.15) is 5.60 Å². The van der Waals surface area contributed by atoms with Gasteiger partial charge in [0.05, 0.1) is 5.60 Å². The van der Waals surface area contributed by atoms with Crippen LogP contribution in [0, 0.1) is 0 Å². The number of ether oxygens (including phenoxy) is 1. The molecule has 6 nitrogen and oxygen atoms in total. The minimum absolute atomic E-state index is 0.296. The Morgan fingerprint density at radius 3 is 2.53 bits per heavy atom. The fraction of sp³-hybridized carbons (Fsp3) is 0.625. The first-order valence-corrected chi connectivity index (χ1v) is 11.3. The number of hydrogen-bond donors (Lipinski definition) is 2. The zero-order valence-corrected chi connectivity index (χ0v) is 18.5. The molecule has 1 aromatic heterocycles. The molecule has 0 bridgehead atoms. The number of nitrogens with one attached hydrogen (secondary N) is 1. The van der Waals surface area contributed by atoms with Crippen molar-refractivity contribution in [1.82, 2.24) is 14.8 Å². The summed E-state index contributed by atoms with van der Waals surface area (Å²) < 4.78 is 5.48. The molecule has 1 aromatic carbocycles. The number of H-pyrrole nitrogens is 1. The maximum atomic E-state index is 12.3. The first kappa shape index (κ1) is 21.2. The lowest BCUT2D eigenvalue weighted by Gasteiger charge is -2.39. The number of rotatable bonds is 4. The summed E-state index contributed by atoms with van der Waals surface area (Å²) in [6.07, 6.45) is 6.50. The fourth-order valence-electron chi connectivity index (χ4n) is 4.63. The average molecular weight is 414 g/mol. The maximum absolute atomic E-state index is 12.3. The smallest absolute Gasteiger partial charge is 0.410 e. The van der Waals surface area contributed by atoms with Gasteiger partial charge in [-0.1, -0.05) is 6.07 Å². The SMILES string of the molecule is CC(C)(C)OC(=O)N1CCC(O)(c2ccc3[nH]cc(CCN4CCCC4)c3c2)CC1. The largest absolute Gasteiger partial charge is 0.444 e. The van der Waals surface area contributed by atoms with Gasteiger partial charge in [0.15, 0.2) is 0 Å². The molecule has 2 aliphatic rings. The quantitative estimate of drug-likeness (QED) is 0.794. The molecule has 0 spiro atoms. The molecule has 2 fully saturated rings. The third-order valence-corrected chi connectivity index (χ3v) is 6.44. The first-order valence-electron chi connectivity index (χ1n) is 11.3. The van der Waals surface area contributed by atoms with Gasteiger partial charge >= 0.3 is 6.09 Å². The lowest BCUT2D eigenvalue weighted by molar-refractivity contribution is -0.0355. The van der Waals surface area contributed by atoms with Crippen LogP contribution in [0.5, 0.6) is 0 Å². The summed E-state index contributed by atoms with van der Waals surface area (Å²) in [5, 5.41) is 12.6. The van der Waals surface area contributed by atoms with Crippen molar-refractivity contribution in [2.75, 3.05) is 32.7 Å². The number of likely N-dealkylation sites (tertiary alicyclic amines) is 2. The van der Waals surface area contributed by atoms with Gasteiger partial charge in [0.25, 0.3) is 0 Å². The maximum Gasteiger partial charge on any atom is 0.410 e. The van der Waals surface area contributed by atoms with Gasteiger partial charge in [-0.05, 0) is 89.2 Å². The molecule has 3 heterocycles. The van der Waals surface area contributed by atoms with Crippen LogP contribution in [0.2, 0.25) is 0 Å². The summed E-state index contributed by atoms with van der Waals surface area (Å²) in [4.78, 5) is 20.0. The number of carbonyl (C=O) groups is 1. The summed E-state index contributed by atoms with van der Waals surface area (Å²) in [5.41, 5.74) is 1.96. The topological polar surface area (TPSA) is 68.8 Å². The van der Waals surface area contributed by atoms with E-state index in [0.29, 0.717) is 25.9 Å². The average Bonchev–Trinajstić information content (AvgIpc) is 3.34. The minimum atomic E-state index is -0.907. The highest BCUT2D eigenvalue weighted by Crippen LogP contribution is 2.35. The van der Waals surface area contributed by atoms with E-state index in [1.54, 1.807) is 4.90 Å². The van der Waals surface area contributed by atoms with Crippen LogP contribution >= 0.6 is 0 Å².